The third-order valence-electron chi connectivity index (χ3n) is 3.55. The van der Waals surface area contributed by atoms with Crippen LogP contribution in [0.1, 0.15) is 25.0 Å². The van der Waals surface area contributed by atoms with E-state index in [1.165, 1.54) is 11.1 Å². The van der Waals surface area contributed by atoms with Gasteiger partial charge in [0.1, 0.15) is 0 Å². The number of nitrogens with one attached hydrogen (secondary N) is 2. The van der Waals surface area contributed by atoms with Gasteiger partial charge in [-0.15, -0.1) is 0 Å². The smallest absolute Gasteiger partial charge is 0.314 e. The minimum absolute atomic E-state index is 0.0187. The number of amides is 2. The molecule has 5 heteroatoms. The minimum atomic E-state index is -0.884. The zero-order chi connectivity index (χ0) is 15.8. The van der Waals surface area contributed by atoms with E-state index in [4.69, 9.17) is 5.11 Å². The summed E-state index contributed by atoms with van der Waals surface area (Å²) in [5.74, 6) is -1.47. The minimum Gasteiger partial charge on any atom is -0.481 e. The summed E-state index contributed by atoms with van der Waals surface area (Å²) < 4.78 is 0. The topological polar surface area (TPSA) is 78.4 Å². The molecule has 0 heterocycles. The molecule has 0 saturated heterocycles. The van der Waals surface area contributed by atoms with Crippen LogP contribution in [0.3, 0.4) is 0 Å². The molecule has 0 aromatic heterocycles. The number of carboxylic acids is 1. The third-order valence-corrected chi connectivity index (χ3v) is 3.55. The average molecular weight is 292 g/mol. The Morgan fingerprint density at radius 1 is 1.19 bits per heavy atom. The van der Waals surface area contributed by atoms with Crippen LogP contribution in [0.5, 0.6) is 0 Å². The van der Waals surface area contributed by atoms with Crippen LogP contribution in [-0.4, -0.2) is 30.2 Å². The fraction of sp³-hybridized carbons (Fsp3) is 0.500. The number of carbonyl (C=O) groups excluding carboxylic acids is 1. The number of carbonyl (C=O) groups is 2. The molecule has 1 rings (SSSR count). The molecule has 1 unspecified atom stereocenters. The van der Waals surface area contributed by atoms with Crippen molar-refractivity contribution in [1.29, 1.82) is 0 Å². The van der Waals surface area contributed by atoms with Gasteiger partial charge in [0, 0.05) is 13.1 Å². The molecule has 0 bridgehead atoms. The number of benzene rings is 1. The van der Waals surface area contributed by atoms with Crippen LogP contribution >= 0.6 is 0 Å². The van der Waals surface area contributed by atoms with Crippen molar-refractivity contribution in [3.05, 3.63) is 35.4 Å². The molecule has 0 aliphatic heterocycles. The van der Waals surface area contributed by atoms with Gasteiger partial charge in [0.2, 0.25) is 0 Å². The zero-order valence-electron chi connectivity index (χ0n) is 12.8. The fourth-order valence-electron chi connectivity index (χ4n) is 2.07. The van der Waals surface area contributed by atoms with Gasteiger partial charge in [-0.05, 0) is 30.4 Å². The number of aliphatic carboxylic acids is 1. The molecule has 0 saturated carbocycles. The highest BCUT2D eigenvalue weighted by Crippen LogP contribution is 2.09. The first kappa shape index (κ1) is 17.0. The van der Waals surface area contributed by atoms with Crippen molar-refractivity contribution in [2.24, 2.45) is 11.8 Å². The summed E-state index contributed by atoms with van der Waals surface area (Å²) in [6.45, 7) is 6.36. The van der Waals surface area contributed by atoms with Crippen molar-refractivity contribution in [1.82, 2.24) is 10.6 Å². The van der Waals surface area contributed by atoms with Gasteiger partial charge in [0.15, 0.2) is 0 Å². The molecule has 21 heavy (non-hydrogen) atoms. The molecule has 0 aliphatic rings. The first-order valence-corrected chi connectivity index (χ1v) is 7.20. The van der Waals surface area contributed by atoms with E-state index < -0.39 is 11.9 Å². The van der Waals surface area contributed by atoms with Crippen LogP contribution in [-0.2, 0) is 11.2 Å². The van der Waals surface area contributed by atoms with Crippen LogP contribution in [0.2, 0.25) is 0 Å². The highest BCUT2D eigenvalue weighted by molar-refractivity contribution is 5.75. The Morgan fingerprint density at radius 2 is 1.86 bits per heavy atom. The Morgan fingerprint density at radius 3 is 2.43 bits per heavy atom. The Labute approximate surface area is 125 Å². The number of hydrogen-bond donors (Lipinski definition) is 3. The summed E-state index contributed by atoms with van der Waals surface area (Å²) in [5.41, 5.74) is 2.40. The summed E-state index contributed by atoms with van der Waals surface area (Å²) in [7, 11) is 0. The van der Waals surface area contributed by atoms with E-state index in [1.807, 2.05) is 45.0 Å². The van der Waals surface area contributed by atoms with Crippen LogP contribution < -0.4 is 10.6 Å². The van der Waals surface area contributed by atoms with Gasteiger partial charge in [0.25, 0.3) is 0 Å². The lowest BCUT2D eigenvalue weighted by molar-refractivity contribution is -0.142. The van der Waals surface area contributed by atoms with E-state index in [2.05, 4.69) is 10.6 Å². The van der Waals surface area contributed by atoms with Crippen molar-refractivity contribution in [2.75, 3.05) is 13.1 Å². The molecule has 116 valence electrons. The Balaban J connectivity index is 2.31. The SMILES string of the molecule is Cc1ccccc1CCNC(=O)NCC(C(=O)O)C(C)C. The number of aryl methyl sites for hydroxylation is 1. The summed E-state index contributed by atoms with van der Waals surface area (Å²) >= 11 is 0. The Kier molecular flexibility index (Phi) is 6.72. The molecule has 0 aliphatic carbocycles. The van der Waals surface area contributed by atoms with Gasteiger partial charge in [-0.1, -0.05) is 38.1 Å². The Bertz CT molecular complexity index is 486. The highest BCUT2D eigenvalue weighted by atomic mass is 16.4. The van der Waals surface area contributed by atoms with E-state index >= 15 is 0 Å². The molecule has 1 aromatic carbocycles. The predicted octanol–water partition coefficient (Wildman–Crippen LogP) is 2.19. The average Bonchev–Trinajstić information content (AvgIpc) is 2.40. The Hall–Kier alpha value is -2.04. The molecule has 5 nitrogen and oxygen atoms in total. The lowest BCUT2D eigenvalue weighted by Crippen LogP contribution is -2.41. The highest BCUT2D eigenvalue weighted by Gasteiger charge is 2.21. The van der Waals surface area contributed by atoms with E-state index in [0.717, 1.165) is 6.42 Å². The first-order valence-electron chi connectivity index (χ1n) is 7.20. The van der Waals surface area contributed by atoms with Gasteiger partial charge in [-0.2, -0.15) is 0 Å². The fourth-order valence-corrected chi connectivity index (χ4v) is 2.07. The van der Waals surface area contributed by atoms with Gasteiger partial charge in [0.05, 0.1) is 5.92 Å². The zero-order valence-corrected chi connectivity index (χ0v) is 12.8. The van der Waals surface area contributed by atoms with Crippen LogP contribution in [0.4, 0.5) is 4.79 Å². The van der Waals surface area contributed by atoms with Gasteiger partial charge >= 0.3 is 12.0 Å². The molecular weight excluding hydrogens is 268 g/mol. The molecule has 0 fully saturated rings. The van der Waals surface area contributed by atoms with Gasteiger partial charge in [-0.3, -0.25) is 4.79 Å². The number of urea groups is 1. The first-order chi connectivity index (χ1) is 9.91. The molecule has 0 radical (unpaired) electrons. The van der Waals surface area contributed by atoms with Gasteiger partial charge < -0.3 is 15.7 Å². The molecule has 3 N–H and O–H groups in total. The van der Waals surface area contributed by atoms with Crippen LogP contribution in [0.25, 0.3) is 0 Å². The number of rotatable bonds is 7. The molecule has 0 spiro atoms. The molecular formula is C16H24N2O3. The van der Waals surface area contributed by atoms with Crippen LogP contribution in [0, 0.1) is 18.8 Å². The molecule has 1 atom stereocenters. The van der Waals surface area contributed by atoms with Crippen molar-refractivity contribution < 1.29 is 14.7 Å². The predicted molar refractivity (Wildman–Crippen MR) is 82.2 cm³/mol. The summed E-state index contributed by atoms with van der Waals surface area (Å²) in [6, 6.07) is 7.71. The van der Waals surface area contributed by atoms with Crippen molar-refractivity contribution in [2.45, 2.75) is 27.2 Å². The summed E-state index contributed by atoms with van der Waals surface area (Å²) in [6.07, 6.45) is 0.757. The maximum absolute atomic E-state index is 11.7. The standard InChI is InChI=1S/C16H24N2O3/c1-11(2)14(15(19)20)10-18-16(21)17-9-8-13-7-5-4-6-12(13)3/h4-7,11,14H,8-10H2,1-3H3,(H,19,20)(H2,17,18,21). The number of carboxylic acid groups (broad SMARTS) is 1. The van der Waals surface area contributed by atoms with Crippen molar-refractivity contribution >= 4 is 12.0 Å². The summed E-state index contributed by atoms with van der Waals surface area (Å²) in [4.78, 5) is 22.7. The lowest BCUT2D eigenvalue weighted by atomic mass is 9.96. The van der Waals surface area contributed by atoms with Crippen molar-refractivity contribution in [3.8, 4) is 0 Å². The van der Waals surface area contributed by atoms with E-state index in [9.17, 15) is 9.59 Å². The number of hydrogen-bond acceptors (Lipinski definition) is 2. The monoisotopic (exact) mass is 292 g/mol. The normalized spacial score (nSPS) is 12.0. The lowest BCUT2D eigenvalue weighted by Gasteiger charge is -2.17. The molecule has 2 amide bonds. The van der Waals surface area contributed by atoms with Gasteiger partial charge in [-0.25, -0.2) is 4.79 Å². The second-order valence-electron chi connectivity index (χ2n) is 5.50. The van der Waals surface area contributed by atoms with E-state index in [0.29, 0.717) is 6.54 Å². The van der Waals surface area contributed by atoms with Crippen molar-refractivity contribution in [3.63, 3.8) is 0 Å². The maximum Gasteiger partial charge on any atom is 0.314 e. The van der Waals surface area contributed by atoms with E-state index in [-0.39, 0.29) is 18.5 Å². The largest absolute Gasteiger partial charge is 0.481 e. The summed E-state index contributed by atoms with van der Waals surface area (Å²) in [5, 5.41) is 14.4. The van der Waals surface area contributed by atoms with E-state index in [1.54, 1.807) is 0 Å². The second-order valence-corrected chi connectivity index (χ2v) is 5.50. The third kappa shape index (κ3) is 5.85. The maximum atomic E-state index is 11.7. The second kappa shape index (κ2) is 8.29. The molecule has 1 aromatic rings. The quantitative estimate of drug-likeness (QED) is 0.721. The van der Waals surface area contributed by atoms with Crippen LogP contribution in [0.15, 0.2) is 24.3 Å².